The minimum Gasteiger partial charge on any atom is -0.489 e. The third-order valence-electron chi connectivity index (χ3n) is 2.26. The molecular weight excluding hydrogens is 206 g/mol. The molecule has 0 amide bonds. The first-order valence-corrected chi connectivity index (χ1v) is 5.45. The first-order chi connectivity index (χ1) is 7.65. The summed E-state index contributed by atoms with van der Waals surface area (Å²) in [4.78, 5) is 0. The molecule has 1 saturated heterocycles. The van der Waals surface area contributed by atoms with Gasteiger partial charge in [0.2, 0.25) is 0 Å². The van der Waals surface area contributed by atoms with Crippen molar-refractivity contribution in [2.75, 3.05) is 18.9 Å². The lowest BCUT2D eigenvalue weighted by Gasteiger charge is -2.27. The number of benzene rings is 1. The summed E-state index contributed by atoms with van der Waals surface area (Å²) in [6.07, 6.45) is 0.264. The Kier molecular flexibility index (Phi) is 3.19. The van der Waals surface area contributed by atoms with Crippen LogP contribution in [0.25, 0.3) is 0 Å². The molecule has 4 nitrogen and oxygen atoms in total. The van der Waals surface area contributed by atoms with Gasteiger partial charge in [0, 0.05) is 6.07 Å². The summed E-state index contributed by atoms with van der Waals surface area (Å²) in [7, 11) is 0. The third-order valence-corrected chi connectivity index (χ3v) is 2.26. The summed E-state index contributed by atoms with van der Waals surface area (Å²) in [5.74, 6) is 1.45. The molecule has 1 fully saturated rings. The van der Waals surface area contributed by atoms with E-state index in [2.05, 4.69) is 0 Å². The van der Waals surface area contributed by atoms with E-state index in [9.17, 15) is 0 Å². The standard InChI is InChI=1S/C12H17NO3/c1-8(2)15-12-5-9(3-4-11(12)13)16-10-6-14-7-10/h3-5,8,10H,6-7,13H2,1-2H3. The molecule has 2 N–H and O–H groups in total. The summed E-state index contributed by atoms with van der Waals surface area (Å²) < 4.78 is 16.3. The Balaban J connectivity index is 2.07. The number of nitrogens with two attached hydrogens (primary N) is 1. The average molecular weight is 223 g/mol. The maximum Gasteiger partial charge on any atom is 0.146 e. The Morgan fingerprint density at radius 1 is 1.38 bits per heavy atom. The van der Waals surface area contributed by atoms with E-state index in [1.165, 1.54) is 0 Å². The quantitative estimate of drug-likeness (QED) is 0.791. The molecule has 0 aromatic heterocycles. The van der Waals surface area contributed by atoms with E-state index in [0.717, 1.165) is 5.75 Å². The molecule has 88 valence electrons. The lowest BCUT2D eigenvalue weighted by Crippen LogP contribution is -2.38. The van der Waals surface area contributed by atoms with Gasteiger partial charge in [-0.2, -0.15) is 0 Å². The van der Waals surface area contributed by atoms with Crippen LogP contribution in [0, 0.1) is 0 Å². The average Bonchev–Trinajstić information content (AvgIpc) is 2.15. The summed E-state index contributed by atoms with van der Waals surface area (Å²) in [6.45, 7) is 5.25. The zero-order valence-corrected chi connectivity index (χ0v) is 9.60. The highest BCUT2D eigenvalue weighted by Crippen LogP contribution is 2.28. The molecule has 1 aliphatic heterocycles. The maximum absolute atomic E-state index is 5.81. The van der Waals surface area contributed by atoms with Crippen LogP contribution in [0.1, 0.15) is 13.8 Å². The van der Waals surface area contributed by atoms with Crippen LogP contribution in [-0.4, -0.2) is 25.4 Å². The van der Waals surface area contributed by atoms with Crippen molar-refractivity contribution < 1.29 is 14.2 Å². The fraction of sp³-hybridized carbons (Fsp3) is 0.500. The number of nitrogen functional groups attached to an aromatic ring is 1. The van der Waals surface area contributed by atoms with E-state index in [1.54, 1.807) is 6.07 Å². The van der Waals surface area contributed by atoms with Gasteiger partial charge >= 0.3 is 0 Å². The third kappa shape index (κ3) is 2.58. The van der Waals surface area contributed by atoms with Gasteiger partial charge in [0.25, 0.3) is 0 Å². The Hall–Kier alpha value is -1.42. The van der Waals surface area contributed by atoms with Crippen molar-refractivity contribution in [2.45, 2.75) is 26.1 Å². The Morgan fingerprint density at radius 2 is 2.12 bits per heavy atom. The van der Waals surface area contributed by atoms with Gasteiger partial charge in [0.1, 0.15) is 17.6 Å². The second-order valence-corrected chi connectivity index (χ2v) is 4.14. The van der Waals surface area contributed by atoms with Crippen LogP contribution in [-0.2, 0) is 4.74 Å². The molecule has 2 rings (SSSR count). The normalized spacial score (nSPS) is 15.9. The van der Waals surface area contributed by atoms with Crippen LogP contribution in [0.3, 0.4) is 0 Å². The van der Waals surface area contributed by atoms with E-state index >= 15 is 0 Å². The van der Waals surface area contributed by atoms with Crippen LogP contribution in [0.4, 0.5) is 5.69 Å². The van der Waals surface area contributed by atoms with E-state index in [0.29, 0.717) is 24.7 Å². The zero-order chi connectivity index (χ0) is 11.5. The number of ether oxygens (including phenoxy) is 3. The van der Waals surface area contributed by atoms with Gasteiger partial charge in [-0.3, -0.25) is 0 Å². The van der Waals surface area contributed by atoms with Crippen LogP contribution in [0.2, 0.25) is 0 Å². The Morgan fingerprint density at radius 3 is 2.69 bits per heavy atom. The fourth-order valence-corrected chi connectivity index (χ4v) is 1.42. The van der Waals surface area contributed by atoms with Crippen molar-refractivity contribution in [1.29, 1.82) is 0 Å². The first-order valence-electron chi connectivity index (χ1n) is 5.45. The molecule has 0 atom stereocenters. The largest absolute Gasteiger partial charge is 0.489 e. The highest BCUT2D eigenvalue weighted by Gasteiger charge is 2.20. The van der Waals surface area contributed by atoms with Crippen molar-refractivity contribution in [1.82, 2.24) is 0 Å². The lowest BCUT2D eigenvalue weighted by atomic mass is 10.2. The second-order valence-electron chi connectivity index (χ2n) is 4.14. The topological polar surface area (TPSA) is 53.7 Å². The van der Waals surface area contributed by atoms with Crippen molar-refractivity contribution in [2.24, 2.45) is 0 Å². The first kappa shape index (κ1) is 11.1. The molecule has 4 heteroatoms. The highest BCUT2D eigenvalue weighted by atomic mass is 16.6. The summed E-state index contributed by atoms with van der Waals surface area (Å²) in [6, 6.07) is 5.47. The van der Waals surface area contributed by atoms with Gasteiger partial charge in [-0.1, -0.05) is 0 Å². The van der Waals surface area contributed by atoms with Gasteiger partial charge < -0.3 is 19.9 Å². The number of anilines is 1. The molecule has 1 heterocycles. The highest BCUT2D eigenvalue weighted by molar-refractivity contribution is 5.55. The van der Waals surface area contributed by atoms with Crippen LogP contribution >= 0.6 is 0 Å². The Bertz CT molecular complexity index is 361. The summed E-state index contributed by atoms with van der Waals surface area (Å²) in [5.41, 5.74) is 6.44. The van der Waals surface area contributed by atoms with E-state index < -0.39 is 0 Å². The van der Waals surface area contributed by atoms with E-state index in [4.69, 9.17) is 19.9 Å². The molecular formula is C12H17NO3. The zero-order valence-electron chi connectivity index (χ0n) is 9.60. The van der Waals surface area contributed by atoms with E-state index in [-0.39, 0.29) is 12.2 Å². The van der Waals surface area contributed by atoms with Crippen molar-refractivity contribution >= 4 is 5.69 Å². The molecule has 0 unspecified atom stereocenters. The molecule has 0 spiro atoms. The lowest BCUT2D eigenvalue weighted by molar-refractivity contribution is -0.0797. The minimum absolute atomic E-state index is 0.101. The fourth-order valence-electron chi connectivity index (χ4n) is 1.42. The SMILES string of the molecule is CC(C)Oc1cc(OC2COC2)ccc1N. The van der Waals surface area contributed by atoms with Crippen molar-refractivity contribution in [3.63, 3.8) is 0 Å². The molecule has 1 aliphatic rings. The minimum atomic E-state index is 0.101. The predicted octanol–water partition coefficient (Wildman–Crippen LogP) is 1.83. The number of hydrogen-bond donors (Lipinski definition) is 1. The molecule has 0 radical (unpaired) electrons. The smallest absolute Gasteiger partial charge is 0.146 e. The molecule has 16 heavy (non-hydrogen) atoms. The molecule has 1 aromatic carbocycles. The summed E-state index contributed by atoms with van der Waals surface area (Å²) >= 11 is 0. The number of hydrogen-bond acceptors (Lipinski definition) is 4. The molecule has 0 aliphatic carbocycles. The second kappa shape index (κ2) is 4.61. The maximum atomic E-state index is 5.81. The molecule has 1 aromatic rings. The van der Waals surface area contributed by atoms with Crippen LogP contribution < -0.4 is 15.2 Å². The predicted molar refractivity (Wildman–Crippen MR) is 61.9 cm³/mol. The van der Waals surface area contributed by atoms with E-state index in [1.807, 2.05) is 26.0 Å². The number of rotatable bonds is 4. The van der Waals surface area contributed by atoms with Gasteiger partial charge in [-0.05, 0) is 26.0 Å². The summed E-state index contributed by atoms with van der Waals surface area (Å²) in [5, 5.41) is 0. The van der Waals surface area contributed by atoms with Crippen LogP contribution in [0.15, 0.2) is 18.2 Å². The van der Waals surface area contributed by atoms with Gasteiger partial charge in [0.15, 0.2) is 0 Å². The van der Waals surface area contributed by atoms with Crippen LogP contribution in [0.5, 0.6) is 11.5 Å². The monoisotopic (exact) mass is 223 g/mol. The molecule has 0 bridgehead atoms. The Labute approximate surface area is 95.3 Å². The van der Waals surface area contributed by atoms with Crippen molar-refractivity contribution in [3.8, 4) is 11.5 Å². The van der Waals surface area contributed by atoms with Gasteiger partial charge in [-0.25, -0.2) is 0 Å². The van der Waals surface area contributed by atoms with Crippen molar-refractivity contribution in [3.05, 3.63) is 18.2 Å². The van der Waals surface area contributed by atoms with Gasteiger partial charge in [-0.15, -0.1) is 0 Å². The van der Waals surface area contributed by atoms with Gasteiger partial charge in [0.05, 0.1) is 25.0 Å². The molecule has 0 saturated carbocycles.